The van der Waals surface area contributed by atoms with E-state index >= 15 is 0 Å². The highest BCUT2D eigenvalue weighted by Crippen LogP contribution is 2.33. The maximum atomic E-state index is 14.0. The van der Waals surface area contributed by atoms with Crippen LogP contribution < -0.4 is 5.32 Å². The van der Waals surface area contributed by atoms with Gasteiger partial charge >= 0.3 is 0 Å². The van der Waals surface area contributed by atoms with Gasteiger partial charge < -0.3 is 5.32 Å². The predicted molar refractivity (Wildman–Crippen MR) is 63.0 cm³/mol. The summed E-state index contributed by atoms with van der Waals surface area (Å²) in [7, 11) is 0. The van der Waals surface area contributed by atoms with Gasteiger partial charge in [-0.2, -0.15) is 0 Å². The lowest BCUT2D eigenvalue weighted by Gasteiger charge is -2.24. The molecule has 1 N–H and O–H groups in total. The van der Waals surface area contributed by atoms with Gasteiger partial charge in [-0.15, -0.1) is 11.8 Å². The minimum absolute atomic E-state index is 0.149. The summed E-state index contributed by atoms with van der Waals surface area (Å²) in [5.74, 6) is -0.588. The van der Waals surface area contributed by atoms with Crippen LogP contribution in [0.3, 0.4) is 0 Å². The number of nitrogens with one attached hydrogen (secondary N) is 1. The predicted octanol–water partition coefficient (Wildman–Crippen LogP) is 3.15. The van der Waals surface area contributed by atoms with Crippen molar-refractivity contribution in [3.63, 3.8) is 0 Å². The minimum Gasteiger partial charge on any atom is -0.317 e. The zero-order chi connectivity index (χ0) is 11.5. The Kier molecular flexibility index (Phi) is 3.82. The second-order valence-electron chi connectivity index (χ2n) is 4.01. The van der Waals surface area contributed by atoms with Crippen LogP contribution >= 0.6 is 11.8 Å². The summed E-state index contributed by atoms with van der Waals surface area (Å²) in [6, 6.07) is 2.98. The van der Waals surface area contributed by atoms with Crippen molar-refractivity contribution < 1.29 is 8.78 Å². The van der Waals surface area contributed by atoms with Crippen LogP contribution in [-0.2, 0) is 0 Å². The van der Waals surface area contributed by atoms with E-state index in [0.29, 0.717) is 5.56 Å². The van der Waals surface area contributed by atoms with Crippen molar-refractivity contribution in [2.75, 3.05) is 19.3 Å². The maximum Gasteiger partial charge on any atom is 0.143 e. The molecule has 1 fully saturated rings. The summed E-state index contributed by atoms with van der Waals surface area (Å²) in [5.41, 5.74) is 0.673. The Bertz CT molecular complexity index is 376. The zero-order valence-corrected chi connectivity index (χ0v) is 10.0. The Hall–Kier alpha value is -0.610. The molecule has 0 atom stereocenters. The second kappa shape index (κ2) is 5.15. The number of halogens is 2. The van der Waals surface area contributed by atoms with Gasteiger partial charge in [-0.05, 0) is 49.7 Å². The quantitative estimate of drug-likeness (QED) is 0.801. The van der Waals surface area contributed by atoms with Crippen molar-refractivity contribution in [2.45, 2.75) is 23.7 Å². The molecular weight excluding hydrogens is 228 g/mol. The standard InChI is InChI=1S/C12H15F2NS/c1-16-12-10(13)3-2-9(11(12)14)8-4-6-15-7-5-8/h2-3,8,15H,4-7H2,1H3. The van der Waals surface area contributed by atoms with Gasteiger partial charge in [0.1, 0.15) is 11.6 Å². The lowest BCUT2D eigenvalue weighted by molar-refractivity contribution is 0.436. The molecule has 1 aliphatic heterocycles. The third-order valence-corrected chi connectivity index (χ3v) is 3.84. The molecule has 0 bridgehead atoms. The number of thioether (sulfide) groups is 1. The topological polar surface area (TPSA) is 12.0 Å². The van der Waals surface area contributed by atoms with Crippen LogP contribution in [0.25, 0.3) is 0 Å². The van der Waals surface area contributed by atoms with E-state index in [1.54, 1.807) is 12.3 Å². The fourth-order valence-electron chi connectivity index (χ4n) is 2.18. The van der Waals surface area contributed by atoms with Gasteiger partial charge in [0, 0.05) is 0 Å². The minimum atomic E-state index is -0.456. The SMILES string of the molecule is CSc1c(F)ccc(C2CCNCC2)c1F. The molecule has 0 unspecified atom stereocenters. The van der Waals surface area contributed by atoms with Crippen LogP contribution in [0, 0.1) is 11.6 Å². The van der Waals surface area contributed by atoms with E-state index in [4.69, 9.17) is 0 Å². The molecule has 4 heteroatoms. The van der Waals surface area contributed by atoms with Gasteiger partial charge in [-0.1, -0.05) is 6.07 Å². The van der Waals surface area contributed by atoms with E-state index in [1.165, 1.54) is 6.07 Å². The fourth-order valence-corrected chi connectivity index (χ4v) is 2.74. The molecule has 88 valence electrons. The number of rotatable bonds is 2. The van der Waals surface area contributed by atoms with Crippen LogP contribution in [-0.4, -0.2) is 19.3 Å². The first-order valence-corrected chi connectivity index (χ1v) is 6.69. The van der Waals surface area contributed by atoms with Crippen molar-refractivity contribution in [1.82, 2.24) is 5.32 Å². The van der Waals surface area contributed by atoms with E-state index in [2.05, 4.69) is 5.32 Å². The van der Waals surface area contributed by atoms with E-state index < -0.39 is 5.82 Å². The van der Waals surface area contributed by atoms with Crippen LogP contribution in [0.1, 0.15) is 24.3 Å². The van der Waals surface area contributed by atoms with Gasteiger partial charge in [-0.3, -0.25) is 0 Å². The van der Waals surface area contributed by atoms with Crippen molar-refractivity contribution in [3.05, 3.63) is 29.3 Å². The Morgan fingerprint density at radius 1 is 1.25 bits per heavy atom. The Balaban J connectivity index is 2.33. The summed E-state index contributed by atoms with van der Waals surface area (Å²) in [4.78, 5) is 0.149. The molecule has 0 spiro atoms. The van der Waals surface area contributed by atoms with E-state index in [9.17, 15) is 8.78 Å². The fraction of sp³-hybridized carbons (Fsp3) is 0.500. The molecule has 0 aromatic heterocycles. The number of hydrogen-bond donors (Lipinski definition) is 1. The van der Waals surface area contributed by atoms with Gasteiger partial charge in [-0.25, -0.2) is 8.78 Å². The van der Waals surface area contributed by atoms with Gasteiger partial charge in [0.25, 0.3) is 0 Å². The molecule has 0 aliphatic carbocycles. The first-order chi connectivity index (χ1) is 7.74. The monoisotopic (exact) mass is 243 g/mol. The molecule has 0 saturated carbocycles. The van der Waals surface area contributed by atoms with Crippen LogP contribution in [0.2, 0.25) is 0 Å². The second-order valence-corrected chi connectivity index (χ2v) is 4.82. The van der Waals surface area contributed by atoms with Crippen LogP contribution in [0.4, 0.5) is 8.78 Å². The van der Waals surface area contributed by atoms with Crippen LogP contribution in [0.15, 0.2) is 17.0 Å². The first-order valence-electron chi connectivity index (χ1n) is 5.46. The highest BCUT2D eigenvalue weighted by Gasteiger charge is 2.21. The zero-order valence-electron chi connectivity index (χ0n) is 9.22. The van der Waals surface area contributed by atoms with Crippen molar-refractivity contribution in [2.24, 2.45) is 0 Å². The van der Waals surface area contributed by atoms with Gasteiger partial charge in [0.2, 0.25) is 0 Å². The average molecular weight is 243 g/mol. The number of hydrogen-bond acceptors (Lipinski definition) is 2. The lowest BCUT2D eigenvalue weighted by Crippen LogP contribution is -2.27. The summed E-state index contributed by atoms with van der Waals surface area (Å²) >= 11 is 1.13. The first kappa shape index (κ1) is 11.9. The number of benzene rings is 1. The molecule has 1 aromatic rings. The highest BCUT2D eigenvalue weighted by molar-refractivity contribution is 7.98. The van der Waals surface area contributed by atoms with Crippen molar-refractivity contribution in [1.29, 1.82) is 0 Å². The van der Waals surface area contributed by atoms with E-state index in [-0.39, 0.29) is 16.6 Å². The summed E-state index contributed by atoms with van der Waals surface area (Å²) < 4.78 is 27.4. The molecule has 1 aromatic carbocycles. The van der Waals surface area contributed by atoms with Crippen molar-refractivity contribution >= 4 is 11.8 Å². The molecule has 1 aliphatic rings. The summed E-state index contributed by atoms with van der Waals surface area (Å²) in [6.07, 6.45) is 3.56. The molecule has 0 radical (unpaired) electrons. The Morgan fingerprint density at radius 2 is 1.94 bits per heavy atom. The van der Waals surface area contributed by atoms with E-state index in [1.807, 2.05) is 0 Å². The number of piperidine rings is 1. The molecule has 0 amide bonds. The normalized spacial score (nSPS) is 17.7. The molecule has 2 rings (SSSR count). The maximum absolute atomic E-state index is 14.0. The lowest BCUT2D eigenvalue weighted by atomic mass is 9.90. The summed E-state index contributed by atoms with van der Waals surface area (Å²) in [5, 5.41) is 3.24. The Morgan fingerprint density at radius 3 is 2.56 bits per heavy atom. The highest BCUT2D eigenvalue weighted by atomic mass is 32.2. The third kappa shape index (κ3) is 2.23. The largest absolute Gasteiger partial charge is 0.317 e. The molecule has 16 heavy (non-hydrogen) atoms. The molecule has 1 heterocycles. The molecule has 1 saturated heterocycles. The molecular formula is C12H15F2NS. The van der Waals surface area contributed by atoms with Crippen molar-refractivity contribution in [3.8, 4) is 0 Å². The molecule has 1 nitrogen and oxygen atoms in total. The Labute approximate surface area is 98.6 Å². The van der Waals surface area contributed by atoms with Gasteiger partial charge in [0.15, 0.2) is 0 Å². The smallest absolute Gasteiger partial charge is 0.143 e. The van der Waals surface area contributed by atoms with Gasteiger partial charge in [0.05, 0.1) is 4.90 Å². The van der Waals surface area contributed by atoms with E-state index in [0.717, 1.165) is 37.7 Å². The third-order valence-electron chi connectivity index (χ3n) is 3.06. The summed E-state index contributed by atoms with van der Waals surface area (Å²) in [6.45, 7) is 1.83. The average Bonchev–Trinajstić information content (AvgIpc) is 2.31. The van der Waals surface area contributed by atoms with Crippen LogP contribution in [0.5, 0.6) is 0 Å².